The lowest BCUT2D eigenvalue weighted by molar-refractivity contribution is -0.137. The Bertz CT molecular complexity index is 240. The number of ether oxygens (including phenoxy) is 1. The third-order valence-electron chi connectivity index (χ3n) is 3.91. The van der Waals surface area contributed by atoms with Crippen molar-refractivity contribution >= 4 is 5.97 Å². The molecular formula is C16H30O3. The minimum Gasteiger partial charge on any atom is -0.481 e. The second-order valence-corrected chi connectivity index (χ2v) is 5.76. The molecule has 0 bridgehead atoms. The summed E-state index contributed by atoms with van der Waals surface area (Å²) >= 11 is 0. The molecule has 1 saturated heterocycles. The van der Waals surface area contributed by atoms with Crippen molar-refractivity contribution in [1.29, 1.82) is 0 Å². The van der Waals surface area contributed by atoms with Crippen molar-refractivity contribution in [3.05, 3.63) is 0 Å². The number of aliphatic carboxylic acids is 1. The molecule has 0 spiro atoms. The summed E-state index contributed by atoms with van der Waals surface area (Å²) in [7, 11) is 0. The van der Waals surface area contributed by atoms with Gasteiger partial charge in [-0.1, -0.05) is 58.3 Å². The van der Waals surface area contributed by atoms with Crippen LogP contribution in [0.4, 0.5) is 0 Å². The number of carboxylic acids is 1. The van der Waals surface area contributed by atoms with Gasteiger partial charge in [0, 0.05) is 6.42 Å². The number of hydrogen-bond acceptors (Lipinski definition) is 2. The smallest absolute Gasteiger partial charge is 0.303 e. The Hall–Kier alpha value is -0.570. The highest BCUT2D eigenvalue weighted by Crippen LogP contribution is 2.31. The van der Waals surface area contributed by atoms with E-state index < -0.39 is 5.97 Å². The Morgan fingerprint density at radius 3 is 2.00 bits per heavy atom. The van der Waals surface area contributed by atoms with Gasteiger partial charge in [-0.2, -0.15) is 0 Å². The number of rotatable bonds is 13. The third-order valence-corrected chi connectivity index (χ3v) is 3.91. The van der Waals surface area contributed by atoms with E-state index in [4.69, 9.17) is 9.84 Å². The quantitative estimate of drug-likeness (QED) is 0.395. The summed E-state index contributed by atoms with van der Waals surface area (Å²) in [5.74, 6) is -0.669. The van der Waals surface area contributed by atoms with E-state index in [1.807, 2.05) is 0 Å². The molecule has 0 aromatic rings. The van der Waals surface area contributed by atoms with Gasteiger partial charge in [-0.3, -0.25) is 4.79 Å². The summed E-state index contributed by atoms with van der Waals surface area (Å²) in [5, 5.41) is 8.51. The Morgan fingerprint density at radius 1 is 0.895 bits per heavy atom. The van der Waals surface area contributed by atoms with E-state index in [0.29, 0.717) is 18.6 Å². The monoisotopic (exact) mass is 270 g/mol. The zero-order chi connectivity index (χ0) is 13.9. The van der Waals surface area contributed by atoms with E-state index in [0.717, 1.165) is 12.8 Å². The molecule has 0 amide bonds. The summed E-state index contributed by atoms with van der Waals surface area (Å²) < 4.78 is 5.68. The molecular weight excluding hydrogens is 240 g/mol. The maximum atomic E-state index is 10.3. The van der Waals surface area contributed by atoms with Gasteiger partial charge in [-0.15, -0.1) is 0 Å². The van der Waals surface area contributed by atoms with Gasteiger partial charge in [0.05, 0.1) is 12.2 Å². The number of carbonyl (C=O) groups is 1. The zero-order valence-electron chi connectivity index (χ0n) is 12.4. The summed E-state index contributed by atoms with van der Waals surface area (Å²) in [6, 6.07) is 0. The molecule has 0 aliphatic carbocycles. The van der Waals surface area contributed by atoms with Crippen molar-refractivity contribution in [3.63, 3.8) is 0 Å². The second-order valence-electron chi connectivity index (χ2n) is 5.76. The van der Waals surface area contributed by atoms with Gasteiger partial charge in [-0.05, 0) is 19.3 Å². The predicted octanol–water partition coefficient (Wildman–Crippen LogP) is 4.54. The van der Waals surface area contributed by atoms with Crippen LogP contribution in [0.5, 0.6) is 0 Å². The highest BCUT2D eigenvalue weighted by Gasteiger charge is 2.36. The number of unbranched alkanes of at least 4 members (excludes halogenated alkanes) is 7. The van der Waals surface area contributed by atoms with Crippen LogP contribution >= 0.6 is 0 Å². The Labute approximate surface area is 117 Å². The fourth-order valence-electron chi connectivity index (χ4n) is 2.61. The van der Waals surface area contributed by atoms with Crippen LogP contribution in [0.15, 0.2) is 0 Å². The lowest BCUT2D eigenvalue weighted by Crippen LogP contribution is -1.95. The highest BCUT2D eigenvalue weighted by molar-refractivity contribution is 5.66. The Balaban J connectivity index is 1.78. The van der Waals surface area contributed by atoms with Crippen molar-refractivity contribution in [2.75, 3.05) is 0 Å². The van der Waals surface area contributed by atoms with Crippen molar-refractivity contribution in [3.8, 4) is 0 Å². The van der Waals surface area contributed by atoms with E-state index in [9.17, 15) is 4.79 Å². The van der Waals surface area contributed by atoms with Crippen LogP contribution in [0.1, 0.15) is 84.0 Å². The molecule has 19 heavy (non-hydrogen) atoms. The molecule has 0 saturated carbocycles. The minimum atomic E-state index is -0.669. The lowest BCUT2D eigenvalue weighted by atomic mass is 10.0. The van der Waals surface area contributed by atoms with Crippen molar-refractivity contribution in [2.45, 2.75) is 96.2 Å². The van der Waals surface area contributed by atoms with E-state index >= 15 is 0 Å². The lowest BCUT2D eigenvalue weighted by Gasteiger charge is -1.99. The van der Waals surface area contributed by atoms with E-state index in [-0.39, 0.29) is 0 Å². The zero-order valence-corrected chi connectivity index (χ0v) is 12.4. The summed E-state index contributed by atoms with van der Waals surface area (Å²) in [6.45, 7) is 2.24. The molecule has 2 atom stereocenters. The second kappa shape index (κ2) is 10.2. The van der Waals surface area contributed by atoms with Gasteiger partial charge in [0.1, 0.15) is 0 Å². The van der Waals surface area contributed by atoms with E-state index in [2.05, 4.69) is 6.92 Å². The number of hydrogen-bond donors (Lipinski definition) is 1. The maximum absolute atomic E-state index is 10.3. The van der Waals surface area contributed by atoms with Crippen LogP contribution in [0.3, 0.4) is 0 Å². The molecule has 1 fully saturated rings. The number of epoxide rings is 1. The first-order valence-electron chi connectivity index (χ1n) is 8.11. The molecule has 1 heterocycles. The topological polar surface area (TPSA) is 49.8 Å². The summed E-state index contributed by atoms with van der Waals surface area (Å²) in [4.78, 5) is 10.3. The molecule has 1 rings (SSSR count). The molecule has 1 aliphatic rings. The van der Waals surface area contributed by atoms with Crippen LogP contribution in [0.2, 0.25) is 0 Å². The van der Waals surface area contributed by atoms with Gasteiger partial charge in [0.25, 0.3) is 0 Å². The molecule has 112 valence electrons. The molecule has 3 heteroatoms. The van der Waals surface area contributed by atoms with Crippen LogP contribution < -0.4 is 0 Å². The van der Waals surface area contributed by atoms with Gasteiger partial charge >= 0.3 is 5.97 Å². The van der Waals surface area contributed by atoms with Crippen LogP contribution in [0.25, 0.3) is 0 Å². The highest BCUT2D eigenvalue weighted by atomic mass is 16.6. The first kappa shape index (κ1) is 16.5. The van der Waals surface area contributed by atoms with Gasteiger partial charge in [0.2, 0.25) is 0 Å². The standard InChI is InChI=1S/C16H30O3/c1-2-3-4-8-11-14-15(19-14)12-9-6-5-7-10-13-16(17)18/h14-15H,2-13H2,1H3,(H,17,18)/t14-,15+/m1/s1. The Morgan fingerprint density at radius 2 is 1.42 bits per heavy atom. The molecule has 0 aromatic carbocycles. The fraction of sp³-hybridized carbons (Fsp3) is 0.938. The largest absolute Gasteiger partial charge is 0.481 e. The number of carboxylic acid groups (broad SMARTS) is 1. The van der Waals surface area contributed by atoms with E-state index in [1.54, 1.807) is 0 Å². The maximum Gasteiger partial charge on any atom is 0.303 e. The molecule has 1 aliphatic heterocycles. The van der Waals surface area contributed by atoms with E-state index in [1.165, 1.54) is 57.8 Å². The normalized spacial score (nSPS) is 21.5. The average Bonchev–Trinajstić information content (AvgIpc) is 3.12. The van der Waals surface area contributed by atoms with Gasteiger partial charge in [0.15, 0.2) is 0 Å². The SMILES string of the molecule is CCCCCC[C@H]1O[C@H]1CCCCCCCC(=O)O. The summed E-state index contributed by atoms with van der Waals surface area (Å²) in [6.07, 6.45) is 14.7. The third kappa shape index (κ3) is 9.04. The first-order valence-corrected chi connectivity index (χ1v) is 8.11. The van der Waals surface area contributed by atoms with Gasteiger partial charge < -0.3 is 9.84 Å². The van der Waals surface area contributed by atoms with Crippen LogP contribution in [0, 0.1) is 0 Å². The van der Waals surface area contributed by atoms with Crippen molar-refractivity contribution < 1.29 is 14.6 Å². The van der Waals surface area contributed by atoms with Crippen molar-refractivity contribution in [2.24, 2.45) is 0 Å². The first-order chi connectivity index (χ1) is 9.24. The van der Waals surface area contributed by atoms with Crippen LogP contribution in [-0.2, 0) is 9.53 Å². The Kier molecular flexibility index (Phi) is 8.89. The molecule has 1 N–H and O–H groups in total. The molecule has 0 aromatic heterocycles. The van der Waals surface area contributed by atoms with Crippen LogP contribution in [-0.4, -0.2) is 23.3 Å². The summed E-state index contributed by atoms with van der Waals surface area (Å²) in [5.41, 5.74) is 0. The van der Waals surface area contributed by atoms with Crippen molar-refractivity contribution in [1.82, 2.24) is 0 Å². The minimum absolute atomic E-state index is 0.325. The molecule has 0 unspecified atom stereocenters. The molecule has 3 nitrogen and oxygen atoms in total. The predicted molar refractivity (Wildman–Crippen MR) is 77.4 cm³/mol. The molecule has 0 radical (unpaired) electrons. The average molecular weight is 270 g/mol. The van der Waals surface area contributed by atoms with Gasteiger partial charge in [-0.25, -0.2) is 0 Å². The fourth-order valence-corrected chi connectivity index (χ4v) is 2.61.